The van der Waals surface area contributed by atoms with Gasteiger partial charge < -0.3 is 14.8 Å². The molecule has 1 amide bonds. The first-order valence-corrected chi connectivity index (χ1v) is 10.3. The molecular weight excluding hydrogens is 422 g/mol. The SMILES string of the molecule is CCOC(=O)c1c(NC(=O)c2sc3ccccc3c2Cl)sc(C(=O)OC)c1C. The lowest BCUT2D eigenvalue weighted by Crippen LogP contribution is -2.14. The summed E-state index contributed by atoms with van der Waals surface area (Å²) in [6.45, 7) is 3.45. The molecule has 28 heavy (non-hydrogen) atoms. The molecule has 0 saturated carbocycles. The molecule has 0 saturated heterocycles. The number of rotatable bonds is 5. The standard InChI is InChI=1S/C19H16ClNO5S2/c1-4-26-18(23)12-9(2)14(19(24)25-3)28-17(12)21-16(22)15-13(20)10-7-5-6-8-11(10)27-15/h5-8H,4H2,1-3H3,(H,21,22). The van der Waals surface area contributed by atoms with E-state index in [9.17, 15) is 14.4 Å². The minimum atomic E-state index is -0.621. The molecule has 2 aromatic heterocycles. The number of thiophene rings is 2. The Morgan fingerprint density at radius 3 is 2.46 bits per heavy atom. The van der Waals surface area contributed by atoms with Gasteiger partial charge in [0.1, 0.15) is 14.8 Å². The second kappa shape index (κ2) is 8.30. The van der Waals surface area contributed by atoms with Gasteiger partial charge in [-0.15, -0.1) is 22.7 Å². The van der Waals surface area contributed by atoms with Crippen LogP contribution in [0.2, 0.25) is 5.02 Å². The highest BCUT2D eigenvalue weighted by atomic mass is 35.5. The molecule has 1 N–H and O–H groups in total. The second-order valence-electron chi connectivity index (χ2n) is 5.67. The zero-order chi connectivity index (χ0) is 20.4. The van der Waals surface area contributed by atoms with Gasteiger partial charge in [0.05, 0.1) is 24.3 Å². The molecule has 2 heterocycles. The summed E-state index contributed by atoms with van der Waals surface area (Å²) in [7, 11) is 1.25. The fourth-order valence-corrected chi connectivity index (χ4v) is 5.18. The molecule has 3 aromatic rings. The van der Waals surface area contributed by atoms with E-state index in [0.717, 1.165) is 21.4 Å². The number of hydrogen-bond acceptors (Lipinski definition) is 7. The third kappa shape index (κ3) is 3.63. The predicted octanol–water partition coefficient (Wildman–Crippen LogP) is 5.14. The van der Waals surface area contributed by atoms with Gasteiger partial charge in [-0.3, -0.25) is 4.79 Å². The molecule has 146 valence electrons. The van der Waals surface area contributed by atoms with Crippen molar-refractivity contribution in [2.45, 2.75) is 13.8 Å². The Morgan fingerprint density at radius 1 is 1.11 bits per heavy atom. The van der Waals surface area contributed by atoms with E-state index in [-0.39, 0.29) is 22.0 Å². The minimum absolute atomic E-state index is 0.137. The van der Waals surface area contributed by atoms with Crippen molar-refractivity contribution in [1.82, 2.24) is 0 Å². The number of nitrogens with one attached hydrogen (secondary N) is 1. The van der Waals surface area contributed by atoms with Crippen LogP contribution >= 0.6 is 34.3 Å². The lowest BCUT2D eigenvalue weighted by atomic mass is 10.1. The molecule has 6 nitrogen and oxygen atoms in total. The van der Waals surface area contributed by atoms with Crippen molar-refractivity contribution in [1.29, 1.82) is 0 Å². The lowest BCUT2D eigenvalue weighted by Gasteiger charge is -2.06. The van der Waals surface area contributed by atoms with Crippen molar-refractivity contribution in [3.8, 4) is 0 Å². The number of amides is 1. The molecule has 9 heteroatoms. The Morgan fingerprint density at radius 2 is 1.82 bits per heavy atom. The number of fused-ring (bicyclic) bond motifs is 1. The molecule has 1 aromatic carbocycles. The summed E-state index contributed by atoms with van der Waals surface area (Å²) >= 11 is 8.58. The zero-order valence-corrected chi connectivity index (χ0v) is 17.6. The molecular formula is C19H16ClNO5S2. The molecule has 0 fully saturated rings. The highest BCUT2D eigenvalue weighted by Gasteiger charge is 2.28. The van der Waals surface area contributed by atoms with E-state index in [1.54, 1.807) is 13.8 Å². The maximum absolute atomic E-state index is 12.9. The van der Waals surface area contributed by atoms with E-state index < -0.39 is 17.8 Å². The molecule has 0 spiro atoms. The Kier molecular flexibility index (Phi) is 6.02. The number of benzene rings is 1. The van der Waals surface area contributed by atoms with Crippen LogP contribution in [-0.4, -0.2) is 31.6 Å². The van der Waals surface area contributed by atoms with Gasteiger partial charge in [0.25, 0.3) is 5.91 Å². The number of ether oxygens (including phenoxy) is 2. The van der Waals surface area contributed by atoms with Gasteiger partial charge in [-0.2, -0.15) is 0 Å². The quantitative estimate of drug-likeness (QED) is 0.559. The highest BCUT2D eigenvalue weighted by Crippen LogP contribution is 2.38. The van der Waals surface area contributed by atoms with E-state index >= 15 is 0 Å². The van der Waals surface area contributed by atoms with Gasteiger partial charge in [-0.25, -0.2) is 9.59 Å². The summed E-state index contributed by atoms with van der Waals surface area (Å²) in [6.07, 6.45) is 0. The largest absolute Gasteiger partial charge is 0.465 e. The predicted molar refractivity (Wildman–Crippen MR) is 111 cm³/mol. The van der Waals surface area contributed by atoms with E-state index in [1.165, 1.54) is 18.4 Å². The monoisotopic (exact) mass is 437 g/mol. The lowest BCUT2D eigenvalue weighted by molar-refractivity contribution is 0.0527. The first-order valence-electron chi connectivity index (χ1n) is 8.26. The van der Waals surface area contributed by atoms with Crippen LogP contribution in [0.5, 0.6) is 0 Å². The zero-order valence-electron chi connectivity index (χ0n) is 15.3. The first-order chi connectivity index (χ1) is 13.4. The van der Waals surface area contributed by atoms with Crippen LogP contribution in [0.4, 0.5) is 5.00 Å². The van der Waals surface area contributed by atoms with Crippen LogP contribution in [0.15, 0.2) is 24.3 Å². The minimum Gasteiger partial charge on any atom is -0.465 e. The van der Waals surface area contributed by atoms with Crippen molar-refractivity contribution in [3.05, 3.63) is 50.2 Å². The fourth-order valence-electron chi connectivity index (χ4n) is 2.66. The van der Waals surface area contributed by atoms with Crippen molar-refractivity contribution >= 4 is 67.2 Å². The summed E-state index contributed by atoms with van der Waals surface area (Å²) in [6, 6.07) is 7.41. The van der Waals surface area contributed by atoms with Crippen molar-refractivity contribution < 1.29 is 23.9 Å². The summed E-state index contributed by atoms with van der Waals surface area (Å²) in [4.78, 5) is 37.8. The Bertz CT molecular complexity index is 1090. The number of hydrogen-bond donors (Lipinski definition) is 1. The number of carbonyl (C=O) groups is 3. The van der Waals surface area contributed by atoms with Crippen LogP contribution in [-0.2, 0) is 9.47 Å². The average Bonchev–Trinajstić information content (AvgIpc) is 3.19. The topological polar surface area (TPSA) is 81.7 Å². The van der Waals surface area contributed by atoms with E-state index in [1.807, 2.05) is 24.3 Å². The van der Waals surface area contributed by atoms with Crippen molar-refractivity contribution in [3.63, 3.8) is 0 Å². The molecule has 0 aliphatic rings. The molecule has 0 bridgehead atoms. The number of halogens is 1. The summed E-state index contributed by atoms with van der Waals surface area (Å²) in [5, 5.41) is 4.05. The summed E-state index contributed by atoms with van der Waals surface area (Å²) in [5.74, 6) is -1.67. The van der Waals surface area contributed by atoms with Gasteiger partial charge in [0.2, 0.25) is 0 Å². The Labute approximate surface area is 174 Å². The van der Waals surface area contributed by atoms with Crippen LogP contribution < -0.4 is 5.32 Å². The van der Waals surface area contributed by atoms with Crippen LogP contribution in [0.3, 0.4) is 0 Å². The van der Waals surface area contributed by atoms with Crippen LogP contribution in [0.1, 0.15) is 42.2 Å². The van der Waals surface area contributed by atoms with Crippen LogP contribution in [0, 0.1) is 6.92 Å². The van der Waals surface area contributed by atoms with Gasteiger partial charge in [0.15, 0.2) is 0 Å². The molecule has 0 unspecified atom stereocenters. The van der Waals surface area contributed by atoms with E-state index in [4.69, 9.17) is 21.1 Å². The molecule has 0 aliphatic heterocycles. The molecule has 0 radical (unpaired) electrons. The summed E-state index contributed by atoms with van der Waals surface area (Å²) in [5.41, 5.74) is 0.533. The number of methoxy groups -OCH3 is 1. The number of esters is 2. The van der Waals surface area contributed by atoms with Gasteiger partial charge in [-0.1, -0.05) is 29.8 Å². The highest BCUT2D eigenvalue weighted by molar-refractivity contribution is 7.22. The number of anilines is 1. The normalized spacial score (nSPS) is 10.7. The maximum atomic E-state index is 12.9. The van der Waals surface area contributed by atoms with Crippen molar-refractivity contribution in [2.24, 2.45) is 0 Å². The maximum Gasteiger partial charge on any atom is 0.348 e. The average molecular weight is 438 g/mol. The first kappa shape index (κ1) is 20.3. The van der Waals surface area contributed by atoms with Crippen molar-refractivity contribution in [2.75, 3.05) is 19.0 Å². The van der Waals surface area contributed by atoms with Gasteiger partial charge in [0, 0.05) is 10.1 Å². The second-order valence-corrected chi connectivity index (χ2v) is 8.12. The summed E-state index contributed by atoms with van der Waals surface area (Å²) < 4.78 is 10.7. The fraction of sp³-hybridized carbons (Fsp3) is 0.211. The third-order valence-electron chi connectivity index (χ3n) is 3.97. The Hall–Kier alpha value is -2.42. The van der Waals surface area contributed by atoms with E-state index in [0.29, 0.717) is 15.5 Å². The Balaban J connectivity index is 2.02. The smallest absolute Gasteiger partial charge is 0.348 e. The van der Waals surface area contributed by atoms with E-state index in [2.05, 4.69) is 5.32 Å². The van der Waals surface area contributed by atoms with Gasteiger partial charge in [-0.05, 0) is 25.5 Å². The number of carbonyl (C=O) groups excluding carboxylic acids is 3. The molecule has 0 aliphatic carbocycles. The van der Waals surface area contributed by atoms with Gasteiger partial charge >= 0.3 is 11.9 Å². The molecule has 0 atom stereocenters. The third-order valence-corrected chi connectivity index (χ3v) is 6.83. The molecule has 3 rings (SSSR count). The van der Waals surface area contributed by atoms with Crippen LogP contribution in [0.25, 0.3) is 10.1 Å².